The fourth-order valence-electron chi connectivity index (χ4n) is 5.46. The molecule has 0 radical (unpaired) electrons. The van der Waals surface area contributed by atoms with Crippen LogP contribution in [0.25, 0.3) is 0 Å². The van der Waals surface area contributed by atoms with Crippen molar-refractivity contribution < 1.29 is 9.53 Å². The molecule has 0 spiro atoms. The van der Waals surface area contributed by atoms with Crippen molar-refractivity contribution in [2.75, 3.05) is 6.61 Å². The van der Waals surface area contributed by atoms with Crippen LogP contribution in [0.1, 0.15) is 59.3 Å². The topological polar surface area (TPSA) is 26.3 Å². The van der Waals surface area contributed by atoms with Gasteiger partial charge in [0.05, 0.1) is 6.61 Å². The zero-order chi connectivity index (χ0) is 14.5. The zero-order valence-corrected chi connectivity index (χ0v) is 13.2. The molecule has 0 aliphatic heterocycles. The third-order valence-corrected chi connectivity index (χ3v) is 6.39. The van der Waals surface area contributed by atoms with Crippen LogP contribution in [0.15, 0.2) is 12.2 Å². The molecular weight excluding hydrogens is 248 g/mol. The van der Waals surface area contributed by atoms with Gasteiger partial charge in [0.25, 0.3) is 0 Å². The van der Waals surface area contributed by atoms with Crippen molar-refractivity contribution in [2.45, 2.75) is 59.3 Å². The van der Waals surface area contributed by atoms with Gasteiger partial charge in [-0.2, -0.15) is 0 Å². The summed E-state index contributed by atoms with van der Waals surface area (Å²) in [5, 5.41) is 0. The SMILES string of the molecule is C=C(C)C(=O)OCC(C)(C)C12CC3CC(CC(C3)C1)C2. The summed E-state index contributed by atoms with van der Waals surface area (Å²) < 4.78 is 5.52. The molecule has 0 heterocycles. The van der Waals surface area contributed by atoms with Gasteiger partial charge in [0.1, 0.15) is 0 Å². The first-order valence-electron chi connectivity index (χ1n) is 8.14. The van der Waals surface area contributed by atoms with E-state index in [0.717, 1.165) is 17.8 Å². The summed E-state index contributed by atoms with van der Waals surface area (Å²) >= 11 is 0. The number of carbonyl (C=O) groups is 1. The lowest BCUT2D eigenvalue weighted by Gasteiger charge is -2.62. The Morgan fingerprint density at radius 3 is 2.00 bits per heavy atom. The van der Waals surface area contributed by atoms with Crippen LogP contribution in [0.4, 0.5) is 0 Å². The van der Waals surface area contributed by atoms with Gasteiger partial charge in [-0.25, -0.2) is 4.79 Å². The molecule has 0 atom stereocenters. The second-order valence-electron chi connectivity index (χ2n) is 8.44. The van der Waals surface area contributed by atoms with Gasteiger partial charge in [-0.05, 0) is 68.6 Å². The third-order valence-electron chi connectivity index (χ3n) is 6.39. The zero-order valence-electron chi connectivity index (χ0n) is 13.2. The maximum atomic E-state index is 11.7. The minimum Gasteiger partial charge on any atom is -0.462 e. The van der Waals surface area contributed by atoms with Crippen molar-refractivity contribution in [3.05, 3.63) is 12.2 Å². The molecule has 4 rings (SSSR count). The van der Waals surface area contributed by atoms with Crippen molar-refractivity contribution in [3.63, 3.8) is 0 Å². The van der Waals surface area contributed by atoms with Crippen molar-refractivity contribution in [1.29, 1.82) is 0 Å². The van der Waals surface area contributed by atoms with Crippen LogP contribution in [0.5, 0.6) is 0 Å². The molecule has 0 amide bonds. The monoisotopic (exact) mass is 276 g/mol. The van der Waals surface area contributed by atoms with E-state index in [0.29, 0.717) is 17.6 Å². The fourth-order valence-corrected chi connectivity index (χ4v) is 5.46. The number of hydrogen-bond donors (Lipinski definition) is 0. The first-order valence-corrected chi connectivity index (χ1v) is 8.14. The Labute approximate surface area is 123 Å². The van der Waals surface area contributed by atoms with E-state index < -0.39 is 0 Å². The van der Waals surface area contributed by atoms with Crippen LogP contribution < -0.4 is 0 Å². The first kappa shape index (κ1) is 14.2. The average molecular weight is 276 g/mol. The highest BCUT2D eigenvalue weighted by atomic mass is 16.5. The lowest BCUT2D eigenvalue weighted by Crippen LogP contribution is -2.54. The molecule has 0 N–H and O–H groups in total. The van der Waals surface area contributed by atoms with Gasteiger partial charge in [0, 0.05) is 11.0 Å². The highest BCUT2D eigenvalue weighted by Gasteiger charge is 2.57. The predicted molar refractivity (Wildman–Crippen MR) is 80.2 cm³/mol. The van der Waals surface area contributed by atoms with E-state index in [-0.39, 0.29) is 11.4 Å². The molecule has 20 heavy (non-hydrogen) atoms. The van der Waals surface area contributed by atoms with Crippen molar-refractivity contribution in [2.24, 2.45) is 28.6 Å². The Kier molecular flexibility index (Phi) is 3.26. The van der Waals surface area contributed by atoms with Crippen molar-refractivity contribution in [3.8, 4) is 0 Å². The molecule has 4 fully saturated rings. The Balaban J connectivity index is 1.73. The molecule has 0 aromatic carbocycles. The number of hydrogen-bond acceptors (Lipinski definition) is 2. The van der Waals surface area contributed by atoms with Gasteiger partial charge >= 0.3 is 5.97 Å². The van der Waals surface area contributed by atoms with Crippen LogP contribution >= 0.6 is 0 Å². The van der Waals surface area contributed by atoms with Gasteiger partial charge in [0.15, 0.2) is 0 Å². The summed E-state index contributed by atoms with van der Waals surface area (Å²) in [6.45, 7) is 10.6. The molecule has 2 heteroatoms. The number of carbonyl (C=O) groups excluding carboxylic acids is 1. The second-order valence-corrected chi connectivity index (χ2v) is 8.44. The molecule has 2 nitrogen and oxygen atoms in total. The number of rotatable bonds is 4. The lowest BCUT2D eigenvalue weighted by molar-refractivity contribution is -0.160. The first-order chi connectivity index (χ1) is 9.31. The summed E-state index contributed by atoms with van der Waals surface area (Å²) in [6, 6.07) is 0. The Morgan fingerprint density at radius 2 is 1.60 bits per heavy atom. The molecule has 0 unspecified atom stereocenters. The summed E-state index contributed by atoms with van der Waals surface area (Å²) in [5.74, 6) is 2.59. The van der Waals surface area contributed by atoms with Gasteiger partial charge in [0.2, 0.25) is 0 Å². The highest BCUT2D eigenvalue weighted by Crippen LogP contribution is 2.65. The molecule has 0 saturated heterocycles. The maximum absolute atomic E-state index is 11.7. The minimum absolute atomic E-state index is 0.0914. The smallest absolute Gasteiger partial charge is 0.333 e. The molecule has 4 saturated carbocycles. The second kappa shape index (κ2) is 4.61. The fraction of sp³-hybridized carbons (Fsp3) is 0.833. The molecule has 4 aliphatic carbocycles. The standard InChI is InChI=1S/C18H28O2/c1-12(2)16(19)20-11-17(3,4)18-8-13-5-14(9-18)7-15(6-13)10-18/h13-15H,1,5-11H2,2-4H3. The van der Waals surface area contributed by atoms with Crippen molar-refractivity contribution in [1.82, 2.24) is 0 Å². The van der Waals surface area contributed by atoms with E-state index in [1.807, 2.05) is 0 Å². The highest BCUT2D eigenvalue weighted by molar-refractivity contribution is 5.86. The van der Waals surface area contributed by atoms with E-state index in [2.05, 4.69) is 20.4 Å². The van der Waals surface area contributed by atoms with Crippen LogP contribution in [-0.2, 0) is 9.53 Å². The Hall–Kier alpha value is -0.790. The predicted octanol–water partition coefficient (Wildman–Crippen LogP) is 4.35. The number of ether oxygens (including phenoxy) is 1. The quantitative estimate of drug-likeness (QED) is 0.563. The molecule has 112 valence electrons. The number of esters is 1. The summed E-state index contributed by atoms with van der Waals surface area (Å²) in [5.41, 5.74) is 1.01. The summed E-state index contributed by atoms with van der Waals surface area (Å²) in [6.07, 6.45) is 8.45. The summed E-state index contributed by atoms with van der Waals surface area (Å²) in [7, 11) is 0. The van der Waals surface area contributed by atoms with E-state index >= 15 is 0 Å². The summed E-state index contributed by atoms with van der Waals surface area (Å²) in [4.78, 5) is 11.7. The van der Waals surface area contributed by atoms with Gasteiger partial charge in [-0.15, -0.1) is 0 Å². The van der Waals surface area contributed by atoms with Gasteiger partial charge in [-0.3, -0.25) is 0 Å². The molecule has 0 aromatic rings. The van der Waals surface area contributed by atoms with Crippen LogP contribution in [0.3, 0.4) is 0 Å². The molecule has 0 aromatic heterocycles. The van der Waals surface area contributed by atoms with E-state index in [1.54, 1.807) is 6.92 Å². The van der Waals surface area contributed by atoms with Crippen molar-refractivity contribution >= 4 is 5.97 Å². The van der Waals surface area contributed by atoms with E-state index in [9.17, 15) is 4.79 Å². The largest absolute Gasteiger partial charge is 0.462 e. The maximum Gasteiger partial charge on any atom is 0.333 e. The van der Waals surface area contributed by atoms with E-state index in [1.165, 1.54) is 38.5 Å². The minimum atomic E-state index is -0.234. The van der Waals surface area contributed by atoms with Gasteiger partial charge < -0.3 is 4.74 Å². The third kappa shape index (κ3) is 2.21. The molecule has 4 aliphatic rings. The van der Waals surface area contributed by atoms with E-state index in [4.69, 9.17) is 4.74 Å². The van der Waals surface area contributed by atoms with Gasteiger partial charge in [-0.1, -0.05) is 20.4 Å². The average Bonchev–Trinajstić information content (AvgIpc) is 2.34. The normalized spacial score (nSPS) is 38.9. The Bertz CT molecular complexity index is 397. The van der Waals surface area contributed by atoms with Crippen LogP contribution in [-0.4, -0.2) is 12.6 Å². The molecular formula is C18H28O2. The van der Waals surface area contributed by atoms with Crippen LogP contribution in [0, 0.1) is 28.6 Å². The Morgan fingerprint density at radius 1 is 1.15 bits per heavy atom. The van der Waals surface area contributed by atoms with Crippen LogP contribution in [0.2, 0.25) is 0 Å². The lowest BCUT2D eigenvalue weighted by atomic mass is 9.43. The molecule has 4 bridgehead atoms.